The van der Waals surface area contributed by atoms with Crippen LogP contribution in [0.1, 0.15) is 41.3 Å². The van der Waals surface area contributed by atoms with E-state index in [1.807, 2.05) is 29.6 Å². The van der Waals surface area contributed by atoms with Gasteiger partial charge in [0.05, 0.1) is 18.5 Å². The molecule has 0 bridgehead atoms. The molecule has 3 aromatic carbocycles. The minimum absolute atomic E-state index is 0.312. The Kier molecular flexibility index (Phi) is 8.71. The predicted molar refractivity (Wildman–Crippen MR) is 149 cm³/mol. The van der Waals surface area contributed by atoms with Crippen LogP contribution in [0.15, 0.2) is 77.2 Å². The Hall–Kier alpha value is -3.68. The highest BCUT2D eigenvalue weighted by Gasteiger charge is 2.09. The number of thiazole rings is 1. The average Bonchev–Trinajstić information content (AvgIpc) is 3.35. The number of carbonyl (C=O) groups is 1. The van der Waals surface area contributed by atoms with E-state index in [4.69, 9.17) is 16.3 Å². The summed E-state index contributed by atoms with van der Waals surface area (Å²) < 4.78 is 5.80. The van der Waals surface area contributed by atoms with E-state index in [0.29, 0.717) is 28.5 Å². The lowest BCUT2D eigenvalue weighted by atomic mass is 10.1. The van der Waals surface area contributed by atoms with Crippen LogP contribution in [0.2, 0.25) is 5.02 Å². The number of nitrogens with one attached hydrogen (secondary N) is 2. The first-order valence-corrected chi connectivity index (χ1v) is 12.9. The van der Waals surface area contributed by atoms with Crippen molar-refractivity contribution in [1.29, 1.82) is 0 Å². The number of hydrazone groups is 1. The van der Waals surface area contributed by atoms with Crippen LogP contribution >= 0.6 is 22.9 Å². The Balaban J connectivity index is 1.36. The third-order valence-electron chi connectivity index (χ3n) is 5.35. The third kappa shape index (κ3) is 6.93. The molecule has 1 amide bonds. The molecule has 0 aliphatic rings. The first-order valence-electron chi connectivity index (χ1n) is 11.7. The molecule has 0 atom stereocenters. The number of halogens is 1. The van der Waals surface area contributed by atoms with Crippen LogP contribution in [-0.4, -0.2) is 23.7 Å². The minimum Gasteiger partial charge on any atom is -0.493 e. The largest absolute Gasteiger partial charge is 0.493 e. The lowest BCUT2D eigenvalue weighted by Crippen LogP contribution is -2.17. The Bertz CT molecular complexity index is 1330. The molecule has 1 heterocycles. The number of hydrogen-bond donors (Lipinski definition) is 2. The van der Waals surface area contributed by atoms with Crippen LogP contribution in [0.3, 0.4) is 0 Å². The lowest BCUT2D eigenvalue weighted by Gasteiger charge is -2.09. The quantitative estimate of drug-likeness (QED) is 0.130. The Morgan fingerprint density at radius 3 is 2.64 bits per heavy atom. The molecule has 8 heteroatoms. The summed E-state index contributed by atoms with van der Waals surface area (Å²) in [5, 5.41) is 10.8. The zero-order valence-electron chi connectivity index (χ0n) is 20.1. The van der Waals surface area contributed by atoms with Crippen molar-refractivity contribution >= 4 is 45.9 Å². The van der Waals surface area contributed by atoms with Gasteiger partial charge in [-0.15, -0.1) is 11.3 Å². The summed E-state index contributed by atoms with van der Waals surface area (Å²) >= 11 is 7.65. The normalized spacial score (nSPS) is 11.0. The summed E-state index contributed by atoms with van der Waals surface area (Å²) in [4.78, 5) is 17.2. The molecule has 4 rings (SSSR count). The number of carbonyl (C=O) groups excluding carboxylic acids is 1. The number of benzene rings is 3. The van der Waals surface area contributed by atoms with Crippen molar-refractivity contribution < 1.29 is 9.53 Å². The van der Waals surface area contributed by atoms with Crippen molar-refractivity contribution in [3.8, 4) is 17.0 Å². The lowest BCUT2D eigenvalue weighted by molar-refractivity contribution is 0.0955. The molecule has 1 aromatic heterocycles. The van der Waals surface area contributed by atoms with Gasteiger partial charge in [-0.2, -0.15) is 5.10 Å². The second kappa shape index (κ2) is 12.3. The fourth-order valence-electron chi connectivity index (χ4n) is 3.32. The Morgan fingerprint density at radius 1 is 1.11 bits per heavy atom. The van der Waals surface area contributed by atoms with E-state index in [2.05, 4.69) is 46.8 Å². The topological polar surface area (TPSA) is 75.6 Å². The number of nitrogens with zero attached hydrogens (tertiary/aromatic N) is 2. The summed E-state index contributed by atoms with van der Waals surface area (Å²) in [6.45, 7) is 4.77. The van der Waals surface area contributed by atoms with Crippen LogP contribution in [-0.2, 0) is 0 Å². The molecule has 6 nitrogen and oxygen atoms in total. The third-order valence-corrected chi connectivity index (χ3v) is 6.34. The molecule has 4 aromatic rings. The highest BCUT2D eigenvalue weighted by Crippen LogP contribution is 2.27. The number of aromatic nitrogens is 1. The summed E-state index contributed by atoms with van der Waals surface area (Å²) in [5.74, 6) is 0.364. The summed E-state index contributed by atoms with van der Waals surface area (Å²) in [6, 6.07) is 20.8. The second-order valence-corrected chi connectivity index (χ2v) is 9.48. The fraction of sp³-hybridized carbons (Fsp3) is 0.179. The molecule has 0 unspecified atom stereocenters. The minimum atomic E-state index is -0.312. The van der Waals surface area contributed by atoms with Crippen LogP contribution in [0.4, 0.5) is 10.8 Å². The average molecular weight is 519 g/mol. The zero-order chi connectivity index (χ0) is 25.3. The maximum Gasteiger partial charge on any atom is 0.271 e. The molecule has 0 fully saturated rings. The molecule has 0 aliphatic heterocycles. The molecule has 0 spiro atoms. The molecule has 2 N–H and O–H groups in total. The molecule has 0 radical (unpaired) electrons. The molecular weight excluding hydrogens is 492 g/mol. The summed E-state index contributed by atoms with van der Waals surface area (Å²) in [7, 11) is 0. The van der Waals surface area contributed by atoms with Crippen molar-refractivity contribution in [1.82, 2.24) is 10.4 Å². The van der Waals surface area contributed by atoms with E-state index in [0.717, 1.165) is 34.9 Å². The summed E-state index contributed by atoms with van der Waals surface area (Å²) in [6.07, 6.45) is 3.54. The zero-order valence-corrected chi connectivity index (χ0v) is 21.7. The Morgan fingerprint density at radius 2 is 1.89 bits per heavy atom. The van der Waals surface area contributed by atoms with Gasteiger partial charge in [0.25, 0.3) is 5.91 Å². The SMILES string of the molecule is CCCCOc1ccc(Cl)cc1/C=N/NC(=O)c1ccc(-c2csc(Nc3ccc(C)cc3)n2)cc1. The predicted octanol–water partition coefficient (Wildman–Crippen LogP) is 7.46. The van der Waals surface area contributed by atoms with Crippen LogP contribution < -0.4 is 15.5 Å². The van der Waals surface area contributed by atoms with Crippen molar-refractivity contribution in [2.75, 3.05) is 11.9 Å². The van der Waals surface area contributed by atoms with Gasteiger partial charge in [0.15, 0.2) is 5.13 Å². The molecule has 0 saturated heterocycles. The van der Waals surface area contributed by atoms with Gasteiger partial charge >= 0.3 is 0 Å². The van der Waals surface area contributed by atoms with Gasteiger partial charge in [0, 0.05) is 32.8 Å². The smallest absolute Gasteiger partial charge is 0.271 e. The van der Waals surface area contributed by atoms with E-state index < -0.39 is 0 Å². The van der Waals surface area contributed by atoms with Gasteiger partial charge in [-0.1, -0.05) is 54.8 Å². The number of aryl methyl sites for hydroxylation is 1. The monoisotopic (exact) mass is 518 g/mol. The highest BCUT2D eigenvalue weighted by molar-refractivity contribution is 7.14. The van der Waals surface area contributed by atoms with Gasteiger partial charge in [-0.05, 0) is 55.8 Å². The van der Waals surface area contributed by atoms with E-state index in [9.17, 15) is 4.79 Å². The standard InChI is InChI=1S/C28H27ClN4O2S/c1-3-4-15-35-26-14-11-23(29)16-22(26)17-30-33-27(34)21-9-7-20(8-10-21)25-18-36-28(32-25)31-24-12-5-19(2)6-13-24/h5-14,16-18H,3-4,15H2,1-2H3,(H,31,32)(H,33,34)/b30-17+. The summed E-state index contributed by atoms with van der Waals surface area (Å²) in [5.41, 5.74) is 7.73. The van der Waals surface area contributed by atoms with Gasteiger partial charge < -0.3 is 10.1 Å². The first-order chi connectivity index (χ1) is 17.5. The number of anilines is 2. The van der Waals surface area contributed by atoms with Gasteiger partial charge in [0.2, 0.25) is 0 Å². The fourth-order valence-corrected chi connectivity index (χ4v) is 4.24. The number of unbranched alkanes of at least 4 members (excludes halogenated alkanes) is 1. The molecule has 0 aliphatic carbocycles. The van der Waals surface area contributed by atoms with Crippen molar-refractivity contribution in [3.05, 3.63) is 93.8 Å². The number of rotatable bonds is 10. The Labute approximate surface area is 220 Å². The van der Waals surface area contributed by atoms with E-state index in [-0.39, 0.29) is 5.91 Å². The molecule has 184 valence electrons. The van der Waals surface area contributed by atoms with E-state index in [1.165, 1.54) is 23.1 Å². The van der Waals surface area contributed by atoms with Crippen LogP contribution in [0, 0.1) is 6.92 Å². The highest BCUT2D eigenvalue weighted by atomic mass is 35.5. The van der Waals surface area contributed by atoms with Gasteiger partial charge in [-0.3, -0.25) is 4.79 Å². The molecular formula is C28H27ClN4O2S. The van der Waals surface area contributed by atoms with Gasteiger partial charge in [0.1, 0.15) is 5.75 Å². The maximum atomic E-state index is 12.6. The first kappa shape index (κ1) is 25.4. The number of hydrogen-bond acceptors (Lipinski definition) is 6. The van der Waals surface area contributed by atoms with Crippen LogP contribution in [0.25, 0.3) is 11.3 Å². The maximum absolute atomic E-state index is 12.6. The van der Waals surface area contributed by atoms with E-state index in [1.54, 1.807) is 30.3 Å². The number of amides is 1. The van der Waals surface area contributed by atoms with Crippen molar-refractivity contribution in [2.24, 2.45) is 5.10 Å². The van der Waals surface area contributed by atoms with E-state index >= 15 is 0 Å². The molecule has 0 saturated carbocycles. The van der Waals surface area contributed by atoms with Crippen molar-refractivity contribution in [2.45, 2.75) is 26.7 Å². The van der Waals surface area contributed by atoms with Crippen molar-refractivity contribution in [3.63, 3.8) is 0 Å². The number of ether oxygens (including phenoxy) is 1. The van der Waals surface area contributed by atoms with Gasteiger partial charge in [-0.25, -0.2) is 10.4 Å². The molecule has 36 heavy (non-hydrogen) atoms. The van der Waals surface area contributed by atoms with Crippen LogP contribution in [0.5, 0.6) is 5.75 Å². The second-order valence-electron chi connectivity index (χ2n) is 8.19.